The SMILES string of the molecule is CCCC/C=C\CCCCCCCC(=O)OCCCCCCCCCCCCC(=O)NC(CO)C(O)/C=C/CCCCCCCCCCCCCCCCCC. The summed E-state index contributed by atoms with van der Waals surface area (Å²) in [6, 6.07) is -0.644. The molecule has 2 atom stereocenters. The predicted molar refractivity (Wildman–Crippen MR) is 241 cm³/mol. The Morgan fingerprint density at radius 2 is 0.857 bits per heavy atom. The number of hydrogen-bond acceptors (Lipinski definition) is 5. The van der Waals surface area contributed by atoms with Crippen molar-refractivity contribution in [2.75, 3.05) is 13.2 Å². The molecule has 2 unspecified atom stereocenters. The smallest absolute Gasteiger partial charge is 0.305 e. The third-order valence-electron chi connectivity index (χ3n) is 11.2. The minimum absolute atomic E-state index is 0.0321. The van der Waals surface area contributed by atoms with Gasteiger partial charge >= 0.3 is 5.97 Å². The maximum Gasteiger partial charge on any atom is 0.305 e. The Hall–Kier alpha value is -1.66. The Morgan fingerprint density at radius 1 is 0.482 bits per heavy atom. The number of aliphatic hydroxyl groups excluding tert-OH is 2. The van der Waals surface area contributed by atoms with Gasteiger partial charge in [0, 0.05) is 12.8 Å². The van der Waals surface area contributed by atoms with Gasteiger partial charge < -0.3 is 20.3 Å². The highest BCUT2D eigenvalue weighted by molar-refractivity contribution is 5.76. The number of carbonyl (C=O) groups excluding carboxylic acids is 2. The lowest BCUT2D eigenvalue weighted by atomic mass is 10.0. The second-order valence-electron chi connectivity index (χ2n) is 16.8. The molecule has 0 aliphatic rings. The quantitative estimate of drug-likeness (QED) is 0.0324. The highest BCUT2D eigenvalue weighted by Gasteiger charge is 2.18. The number of ether oxygens (including phenoxy) is 1. The van der Waals surface area contributed by atoms with E-state index >= 15 is 0 Å². The fraction of sp³-hybridized carbons (Fsp3) is 0.880. The molecule has 0 saturated carbocycles. The van der Waals surface area contributed by atoms with E-state index in [4.69, 9.17) is 4.74 Å². The van der Waals surface area contributed by atoms with Crippen molar-refractivity contribution >= 4 is 11.9 Å². The van der Waals surface area contributed by atoms with Crippen LogP contribution in [0.25, 0.3) is 0 Å². The number of hydrogen-bond donors (Lipinski definition) is 3. The molecular formula is C50H95NO5. The molecule has 0 bridgehead atoms. The average molecular weight is 790 g/mol. The summed E-state index contributed by atoms with van der Waals surface area (Å²) in [5, 5.41) is 23.1. The summed E-state index contributed by atoms with van der Waals surface area (Å²) in [6.07, 6.45) is 53.1. The molecule has 3 N–H and O–H groups in total. The third kappa shape index (κ3) is 42.0. The van der Waals surface area contributed by atoms with E-state index in [-0.39, 0.29) is 18.5 Å². The van der Waals surface area contributed by atoms with Crippen LogP contribution < -0.4 is 5.32 Å². The minimum atomic E-state index is -0.859. The second-order valence-corrected chi connectivity index (χ2v) is 16.8. The maximum absolute atomic E-state index is 12.4. The van der Waals surface area contributed by atoms with Crippen LogP contribution in [0.3, 0.4) is 0 Å². The van der Waals surface area contributed by atoms with Crippen LogP contribution >= 0.6 is 0 Å². The summed E-state index contributed by atoms with van der Waals surface area (Å²) < 4.78 is 5.42. The lowest BCUT2D eigenvalue weighted by Crippen LogP contribution is -2.45. The number of nitrogens with one attached hydrogen (secondary N) is 1. The molecule has 0 heterocycles. The molecule has 330 valence electrons. The number of amides is 1. The van der Waals surface area contributed by atoms with Gasteiger partial charge in [-0.3, -0.25) is 9.59 Å². The van der Waals surface area contributed by atoms with Gasteiger partial charge in [-0.15, -0.1) is 0 Å². The topological polar surface area (TPSA) is 95.9 Å². The molecule has 6 heteroatoms. The van der Waals surface area contributed by atoms with Crippen molar-refractivity contribution in [2.45, 2.75) is 270 Å². The first-order chi connectivity index (χ1) is 27.5. The lowest BCUT2D eigenvalue weighted by molar-refractivity contribution is -0.143. The molecule has 56 heavy (non-hydrogen) atoms. The second kappa shape index (κ2) is 46.0. The molecular weight excluding hydrogens is 695 g/mol. The summed E-state index contributed by atoms with van der Waals surface area (Å²) in [6.45, 7) is 4.81. The van der Waals surface area contributed by atoms with Crippen LogP contribution in [0.4, 0.5) is 0 Å². The molecule has 0 spiro atoms. The number of carbonyl (C=O) groups is 2. The largest absolute Gasteiger partial charge is 0.466 e. The van der Waals surface area contributed by atoms with E-state index in [0.717, 1.165) is 57.8 Å². The van der Waals surface area contributed by atoms with Gasteiger partial charge in [-0.25, -0.2) is 0 Å². The Morgan fingerprint density at radius 3 is 1.32 bits per heavy atom. The number of rotatable bonds is 45. The summed E-state index contributed by atoms with van der Waals surface area (Å²) in [5.74, 6) is -0.123. The van der Waals surface area contributed by atoms with E-state index in [1.54, 1.807) is 6.08 Å². The molecule has 0 aromatic heterocycles. The first-order valence-corrected chi connectivity index (χ1v) is 24.6. The van der Waals surface area contributed by atoms with Gasteiger partial charge in [0.2, 0.25) is 5.91 Å². The molecule has 0 aliphatic heterocycles. The Bertz CT molecular complexity index is 874. The van der Waals surface area contributed by atoms with Crippen molar-refractivity contribution in [3.63, 3.8) is 0 Å². The normalized spacial score (nSPS) is 12.9. The van der Waals surface area contributed by atoms with Gasteiger partial charge in [0.15, 0.2) is 0 Å². The van der Waals surface area contributed by atoms with Crippen molar-refractivity contribution in [3.05, 3.63) is 24.3 Å². The summed E-state index contributed by atoms with van der Waals surface area (Å²) in [7, 11) is 0. The van der Waals surface area contributed by atoms with Crippen LogP contribution in [-0.2, 0) is 14.3 Å². The van der Waals surface area contributed by atoms with E-state index < -0.39 is 12.1 Å². The molecule has 6 nitrogen and oxygen atoms in total. The molecule has 0 aliphatic carbocycles. The predicted octanol–water partition coefficient (Wildman–Crippen LogP) is 14.3. The lowest BCUT2D eigenvalue weighted by Gasteiger charge is -2.20. The standard InChI is InChI=1S/C50H95NO5/c1-3-5-7-9-11-13-15-16-17-18-19-20-21-23-26-30-34-38-42-48(53)47(46-52)51-49(54)43-39-35-31-27-24-25-29-33-37-41-45-56-50(55)44-40-36-32-28-22-14-12-10-8-6-4-2/h10,12,38,42,47-48,52-53H,3-9,11,13-37,39-41,43-46H2,1-2H3,(H,51,54)/b12-10-,42-38+. The van der Waals surface area contributed by atoms with Crippen molar-refractivity contribution < 1.29 is 24.5 Å². The van der Waals surface area contributed by atoms with E-state index in [2.05, 4.69) is 31.3 Å². The van der Waals surface area contributed by atoms with Gasteiger partial charge in [0.05, 0.1) is 25.4 Å². The first kappa shape index (κ1) is 54.3. The van der Waals surface area contributed by atoms with Gasteiger partial charge in [-0.05, 0) is 51.4 Å². The summed E-state index contributed by atoms with van der Waals surface area (Å²) in [5.41, 5.74) is 0. The van der Waals surface area contributed by atoms with Crippen molar-refractivity contribution in [3.8, 4) is 0 Å². The molecule has 0 rings (SSSR count). The third-order valence-corrected chi connectivity index (χ3v) is 11.2. The molecule has 0 saturated heterocycles. The zero-order valence-corrected chi connectivity index (χ0v) is 37.4. The van der Waals surface area contributed by atoms with Crippen LogP contribution in [0.1, 0.15) is 258 Å². The highest BCUT2D eigenvalue weighted by Crippen LogP contribution is 2.15. The minimum Gasteiger partial charge on any atom is -0.466 e. The molecule has 1 amide bonds. The van der Waals surface area contributed by atoms with Crippen LogP contribution in [-0.4, -0.2) is 47.4 Å². The van der Waals surface area contributed by atoms with E-state index in [1.165, 1.54) is 173 Å². The van der Waals surface area contributed by atoms with Crippen LogP contribution in [0.15, 0.2) is 24.3 Å². The number of allylic oxidation sites excluding steroid dienone is 3. The van der Waals surface area contributed by atoms with E-state index in [9.17, 15) is 19.8 Å². The van der Waals surface area contributed by atoms with E-state index in [0.29, 0.717) is 19.4 Å². The molecule has 0 fully saturated rings. The number of aliphatic hydroxyl groups is 2. The Kier molecular flexibility index (Phi) is 44.7. The zero-order chi connectivity index (χ0) is 40.8. The molecule has 0 aromatic rings. The van der Waals surface area contributed by atoms with Crippen LogP contribution in [0.2, 0.25) is 0 Å². The Balaban J connectivity index is 3.54. The van der Waals surface area contributed by atoms with Crippen LogP contribution in [0.5, 0.6) is 0 Å². The fourth-order valence-electron chi connectivity index (χ4n) is 7.38. The monoisotopic (exact) mass is 790 g/mol. The summed E-state index contributed by atoms with van der Waals surface area (Å²) in [4.78, 5) is 24.4. The first-order valence-electron chi connectivity index (χ1n) is 24.6. The van der Waals surface area contributed by atoms with Gasteiger partial charge in [0.25, 0.3) is 0 Å². The molecule has 0 aromatic carbocycles. The van der Waals surface area contributed by atoms with Gasteiger partial charge in [-0.1, -0.05) is 218 Å². The summed E-state index contributed by atoms with van der Waals surface area (Å²) >= 11 is 0. The van der Waals surface area contributed by atoms with E-state index in [1.807, 2.05) is 6.08 Å². The Labute approximate surface area is 348 Å². The number of esters is 1. The van der Waals surface area contributed by atoms with Crippen LogP contribution in [0, 0.1) is 0 Å². The number of unbranched alkanes of at least 4 members (excludes halogenated alkanes) is 32. The van der Waals surface area contributed by atoms with Crippen molar-refractivity contribution in [2.24, 2.45) is 0 Å². The molecule has 0 radical (unpaired) electrons. The highest BCUT2D eigenvalue weighted by atomic mass is 16.5. The maximum atomic E-state index is 12.4. The van der Waals surface area contributed by atoms with Gasteiger partial charge in [-0.2, -0.15) is 0 Å². The average Bonchev–Trinajstić information content (AvgIpc) is 3.20. The van der Waals surface area contributed by atoms with Crippen molar-refractivity contribution in [1.29, 1.82) is 0 Å². The zero-order valence-electron chi connectivity index (χ0n) is 37.4. The fourth-order valence-corrected chi connectivity index (χ4v) is 7.38. The van der Waals surface area contributed by atoms with Gasteiger partial charge in [0.1, 0.15) is 0 Å². The van der Waals surface area contributed by atoms with Crippen molar-refractivity contribution in [1.82, 2.24) is 5.32 Å².